The van der Waals surface area contributed by atoms with Gasteiger partial charge in [-0.2, -0.15) is 11.8 Å². The average molecular weight is 282 g/mol. The van der Waals surface area contributed by atoms with Crippen molar-refractivity contribution in [3.63, 3.8) is 0 Å². The highest BCUT2D eigenvalue weighted by Gasteiger charge is 2.07. The van der Waals surface area contributed by atoms with E-state index in [2.05, 4.69) is 11.0 Å². The van der Waals surface area contributed by atoms with E-state index in [4.69, 9.17) is 5.73 Å². The van der Waals surface area contributed by atoms with Crippen LogP contribution >= 0.6 is 11.8 Å². The molecule has 0 spiro atoms. The van der Waals surface area contributed by atoms with Crippen LogP contribution in [0.4, 0.5) is 0 Å². The lowest BCUT2D eigenvalue weighted by Gasteiger charge is -2.06. The van der Waals surface area contributed by atoms with Crippen molar-refractivity contribution in [1.82, 2.24) is 4.72 Å². The molecule has 0 fully saturated rings. The Morgan fingerprint density at radius 3 is 2.41 bits per heavy atom. The first-order valence-electron chi connectivity index (χ1n) is 6.28. The molecule has 0 saturated carbocycles. The Kier molecular flexibility index (Phi) is 11.5. The number of hydrogen-bond donors (Lipinski definition) is 2. The maximum absolute atomic E-state index is 11.5. The van der Waals surface area contributed by atoms with Gasteiger partial charge in [0.25, 0.3) is 0 Å². The van der Waals surface area contributed by atoms with Crippen LogP contribution in [0.3, 0.4) is 0 Å². The molecular formula is C11H26N2O2S2. The van der Waals surface area contributed by atoms with Crippen LogP contribution in [0.5, 0.6) is 0 Å². The molecule has 6 heteroatoms. The lowest BCUT2D eigenvalue weighted by molar-refractivity contribution is 0.570. The van der Waals surface area contributed by atoms with E-state index in [1.165, 1.54) is 18.6 Å². The Balaban J connectivity index is 3.39. The highest BCUT2D eigenvalue weighted by Crippen LogP contribution is 2.04. The SMILES string of the molecule is CSCCCCCCNS(=O)(=O)CCCCN. The average Bonchev–Trinajstić information content (AvgIpc) is 2.28. The summed E-state index contributed by atoms with van der Waals surface area (Å²) in [6.07, 6.45) is 7.99. The van der Waals surface area contributed by atoms with E-state index in [0.29, 0.717) is 19.5 Å². The van der Waals surface area contributed by atoms with Gasteiger partial charge in [-0.15, -0.1) is 0 Å². The molecule has 0 amide bonds. The van der Waals surface area contributed by atoms with Crippen molar-refractivity contribution in [1.29, 1.82) is 0 Å². The van der Waals surface area contributed by atoms with E-state index >= 15 is 0 Å². The number of unbranched alkanes of at least 4 members (excludes halogenated alkanes) is 4. The van der Waals surface area contributed by atoms with E-state index in [0.717, 1.165) is 19.3 Å². The minimum atomic E-state index is -3.06. The maximum Gasteiger partial charge on any atom is 0.211 e. The molecule has 0 radical (unpaired) electrons. The normalized spacial score (nSPS) is 11.9. The second kappa shape index (κ2) is 11.3. The second-order valence-electron chi connectivity index (χ2n) is 4.12. The zero-order chi connectivity index (χ0) is 13.0. The molecule has 0 saturated heterocycles. The minimum absolute atomic E-state index is 0.205. The van der Waals surface area contributed by atoms with Crippen molar-refractivity contribution in [2.24, 2.45) is 5.73 Å². The molecule has 104 valence electrons. The summed E-state index contributed by atoms with van der Waals surface area (Å²) in [6, 6.07) is 0. The van der Waals surface area contributed by atoms with Crippen molar-refractivity contribution in [3.8, 4) is 0 Å². The van der Waals surface area contributed by atoms with Crippen LogP contribution in [-0.2, 0) is 10.0 Å². The molecular weight excluding hydrogens is 256 g/mol. The largest absolute Gasteiger partial charge is 0.330 e. The van der Waals surface area contributed by atoms with E-state index in [9.17, 15) is 8.42 Å². The molecule has 0 bridgehead atoms. The van der Waals surface area contributed by atoms with Crippen LogP contribution < -0.4 is 10.5 Å². The van der Waals surface area contributed by atoms with Crippen LogP contribution in [0.2, 0.25) is 0 Å². The first kappa shape index (κ1) is 17.2. The molecule has 0 aromatic heterocycles. The van der Waals surface area contributed by atoms with E-state index < -0.39 is 10.0 Å². The first-order chi connectivity index (χ1) is 8.12. The summed E-state index contributed by atoms with van der Waals surface area (Å²) < 4.78 is 25.6. The van der Waals surface area contributed by atoms with Crippen molar-refractivity contribution >= 4 is 21.8 Å². The van der Waals surface area contributed by atoms with Gasteiger partial charge in [-0.3, -0.25) is 0 Å². The molecule has 4 nitrogen and oxygen atoms in total. The van der Waals surface area contributed by atoms with Gasteiger partial charge in [-0.1, -0.05) is 12.8 Å². The number of thioether (sulfide) groups is 1. The van der Waals surface area contributed by atoms with Crippen LogP contribution in [0.1, 0.15) is 38.5 Å². The van der Waals surface area contributed by atoms with Crippen LogP contribution in [0, 0.1) is 0 Å². The monoisotopic (exact) mass is 282 g/mol. The maximum atomic E-state index is 11.5. The summed E-state index contributed by atoms with van der Waals surface area (Å²) in [6.45, 7) is 1.13. The number of nitrogens with one attached hydrogen (secondary N) is 1. The molecule has 17 heavy (non-hydrogen) atoms. The van der Waals surface area contributed by atoms with Crippen LogP contribution in [-0.4, -0.2) is 39.3 Å². The van der Waals surface area contributed by atoms with Crippen LogP contribution in [0.25, 0.3) is 0 Å². The Bertz CT molecular complexity index is 256. The number of sulfonamides is 1. The molecule has 0 heterocycles. The lowest BCUT2D eigenvalue weighted by Crippen LogP contribution is -2.27. The highest BCUT2D eigenvalue weighted by atomic mass is 32.2. The molecule has 0 aromatic rings. The third kappa shape index (κ3) is 12.5. The minimum Gasteiger partial charge on any atom is -0.330 e. The predicted molar refractivity (Wildman–Crippen MR) is 76.9 cm³/mol. The van der Waals surface area contributed by atoms with Gasteiger partial charge in [0.15, 0.2) is 0 Å². The Morgan fingerprint density at radius 1 is 1.06 bits per heavy atom. The van der Waals surface area contributed by atoms with Gasteiger partial charge in [-0.25, -0.2) is 13.1 Å². The molecule has 0 atom stereocenters. The molecule has 0 unspecified atom stereocenters. The summed E-state index contributed by atoms with van der Waals surface area (Å²) in [7, 11) is -3.06. The summed E-state index contributed by atoms with van der Waals surface area (Å²) in [5.74, 6) is 1.40. The molecule has 0 rings (SSSR count). The van der Waals surface area contributed by atoms with E-state index in [1.54, 1.807) is 0 Å². The van der Waals surface area contributed by atoms with Crippen molar-refractivity contribution in [3.05, 3.63) is 0 Å². The summed E-state index contributed by atoms with van der Waals surface area (Å²) in [4.78, 5) is 0. The van der Waals surface area contributed by atoms with Gasteiger partial charge in [0, 0.05) is 6.54 Å². The first-order valence-corrected chi connectivity index (χ1v) is 9.33. The second-order valence-corrected chi connectivity index (χ2v) is 7.03. The number of hydrogen-bond acceptors (Lipinski definition) is 4. The smallest absolute Gasteiger partial charge is 0.211 e. The fraction of sp³-hybridized carbons (Fsp3) is 1.00. The van der Waals surface area contributed by atoms with Gasteiger partial charge in [0.05, 0.1) is 5.75 Å². The van der Waals surface area contributed by atoms with Gasteiger partial charge in [-0.05, 0) is 44.2 Å². The fourth-order valence-electron chi connectivity index (χ4n) is 1.46. The standard InChI is InChI=1S/C11H26N2O2S2/c1-16-10-6-3-2-5-9-13-17(14,15)11-7-4-8-12/h13H,2-12H2,1H3. The Hall–Kier alpha value is 0.220. The molecule has 0 aliphatic rings. The van der Waals surface area contributed by atoms with Gasteiger partial charge >= 0.3 is 0 Å². The predicted octanol–water partition coefficient (Wildman–Crippen LogP) is 1.57. The van der Waals surface area contributed by atoms with Crippen LogP contribution in [0.15, 0.2) is 0 Å². The lowest BCUT2D eigenvalue weighted by atomic mass is 10.2. The Morgan fingerprint density at radius 2 is 1.76 bits per heavy atom. The molecule has 0 aliphatic carbocycles. The third-order valence-corrected chi connectivity index (χ3v) is 4.63. The summed E-state index contributed by atoms with van der Waals surface area (Å²) in [5.41, 5.74) is 5.32. The topological polar surface area (TPSA) is 72.2 Å². The van der Waals surface area contributed by atoms with E-state index in [-0.39, 0.29) is 5.75 Å². The number of nitrogens with two attached hydrogens (primary N) is 1. The summed E-state index contributed by atoms with van der Waals surface area (Å²) >= 11 is 1.86. The van der Waals surface area contributed by atoms with Crippen molar-refractivity contribution in [2.45, 2.75) is 38.5 Å². The van der Waals surface area contributed by atoms with Crippen molar-refractivity contribution in [2.75, 3.05) is 30.9 Å². The third-order valence-electron chi connectivity index (χ3n) is 2.46. The van der Waals surface area contributed by atoms with Gasteiger partial charge in [0.1, 0.15) is 0 Å². The summed E-state index contributed by atoms with van der Waals surface area (Å²) in [5, 5.41) is 0. The zero-order valence-electron chi connectivity index (χ0n) is 10.8. The quantitative estimate of drug-likeness (QED) is 0.533. The molecule has 0 aliphatic heterocycles. The molecule has 0 aromatic carbocycles. The van der Waals surface area contributed by atoms with Crippen molar-refractivity contribution < 1.29 is 8.42 Å². The van der Waals surface area contributed by atoms with E-state index in [1.807, 2.05) is 11.8 Å². The zero-order valence-corrected chi connectivity index (χ0v) is 12.4. The highest BCUT2D eigenvalue weighted by molar-refractivity contribution is 7.98. The number of rotatable bonds is 12. The van der Waals surface area contributed by atoms with Gasteiger partial charge in [0.2, 0.25) is 10.0 Å². The Labute approximate surface area is 110 Å². The molecule has 3 N–H and O–H groups in total. The fourth-order valence-corrected chi connectivity index (χ4v) is 3.14. The van der Waals surface area contributed by atoms with Gasteiger partial charge < -0.3 is 5.73 Å².